The fraction of sp³-hybridized carbons (Fsp3) is 0.500. The maximum Gasteiger partial charge on any atom is 0.270 e. The fourth-order valence-corrected chi connectivity index (χ4v) is 1.95. The van der Waals surface area contributed by atoms with E-state index in [4.69, 9.17) is 0 Å². The molecule has 1 aromatic rings. The SMILES string of the molecule is CC(C)(C)c1cc(I)cc(C(C)(F)F)c1. The third-order valence-corrected chi connectivity index (χ3v) is 2.89. The molecule has 84 valence electrons. The Morgan fingerprint density at radius 2 is 1.40 bits per heavy atom. The summed E-state index contributed by atoms with van der Waals surface area (Å²) in [5, 5.41) is 0. The highest BCUT2D eigenvalue weighted by atomic mass is 127. The normalized spacial score (nSPS) is 13.0. The van der Waals surface area contributed by atoms with E-state index in [0.717, 1.165) is 16.1 Å². The summed E-state index contributed by atoms with van der Waals surface area (Å²) in [6.45, 7) is 7.01. The van der Waals surface area contributed by atoms with Gasteiger partial charge in [0.25, 0.3) is 5.92 Å². The second-order valence-corrected chi connectivity index (χ2v) is 6.11. The van der Waals surface area contributed by atoms with Gasteiger partial charge in [0.2, 0.25) is 0 Å². The van der Waals surface area contributed by atoms with Crippen LogP contribution >= 0.6 is 22.6 Å². The number of rotatable bonds is 1. The van der Waals surface area contributed by atoms with Crippen molar-refractivity contribution >= 4 is 22.6 Å². The molecule has 0 N–H and O–H groups in total. The van der Waals surface area contributed by atoms with E-state index in [1.165, 1.54) is 6.07 Å². The lowest BCUT2D eigenvalue weighted by molar-refractivity contribution is 0.0173. The van der Waals surface area contributed by atoms with E-state index >= 15 is 0 Å². The summed E-state index contributed by atoms with van der Waals surface area (Å²) >= 11 is 2.08. The lowest BCUT2D eigenvalue weighted by Gasteiger charge is -2.22. The van der Waals surface area contributed by atoms with Crippen LogP contribution in [-0.4, -0.2) is 0 Å². The van der Waals surface area contributed by atoms with Gasteiger partial charge >= 0.3 is 0 Å². The van der Waals surface area contributed by atoms with Crippen molar-refractivity contribution < 1.29 is 8.78 Å². The first kappa shape index (κ1) is 12.9. The molecule has 0 radical (unpaired) electrons. The number of halogens is 3. The van der Waals surface area contributed by atoms with E-state index in [1.807, 2.05) is 26.8 Å². The molecule has 0 saturated carbocycles. The zero-order chi connectivity index (χ0) is 11.9. The Kier molecular flexibility index (Phi) is 3.43. The van der Waals surface area contributed by atoms with Crippen LogP contribution in [0.25, 0.3) is 0 Å². The van der Waals surface area contributed by atoms with Gasteiger partial charge in [0.05, 0.1) is 0 Å². The lowest BCUT2D eigenvalue weighted by atomic mass is 9.86. The zero-order valence-corrected chi connectivity index (χ0v) is 11.5. The van der Waals surface area contributed by atoms with Gasteiger partial charge in [0, 0.05) is 16.1 Å². The Hall–Kier alpha value is -0.190. The van der Waals surface area contributed by atoms with E-state index < -0.39 is 5.92 Å². The Balaban J connectivity index is 3.30. The Labute approximate surface area is 103 Å². The maximum absolute atomic E-state index is 13.2. The van der Waals surface area contributed by atoms with Crippen molar-refractivity contribution in [3.05, 3.63) is 32.9 Å². The van der Waals surface area contributed by atoms with Crippen molar-refractivity contribution in [1.82, 2.24) is 0 Å². The first-order valence-electron chi connectivity index (χ1n) is 4.80. The summed E-state index contributed by atoms with van der Waals surface area (Å²) in [6.07, 6.45) is 0. The van der Waals surface area contributed by atoms with Crippen LogP contribution < -0.4 is 0 Å². The summed E-state index contributed by atoms with van der Waals surface area (Å²) in [5.41, 5.74) is 0.950. The fourth-order valence-electron chi connectivity index (χ4n) is 1.28. The highest BCUT2D eigenvalue weighted by Gasteiger charge is 2.26. The molecule has 0 spiro atoms. The minimum Gasteiger partial charge on any atom is -0.202 e. The molecular formula is C12H15F2I. The maximum atomic E-state index is 13.2. The molecule has 0 saturated heterocycles. The Morgan fingerprint density at radius 3 is 1.80 bits per heavy atom. The summed E-state index contributed by atoms with van der Waals surface area (Å²) in [7, 11) is 0. The molecule has 0 nitrogen and oxygen atoms in total. The average Bonchev–Trinajstić information content (AvgIpc) is 1.99. The molecule has 0 amide bonds. The number of hydrogen-bond donors (Lipinski definition) is 0. The van der Waals surface area contributed by atoms with Crippen LogP contribution in [0.2, 0.25) is 0 Å². The van der Waals surface area contributed by atoms with Crippen LogP contribution in [0.4, 0.5) is 8.78 Å². The van der Waals surface area contributed by atoms with Crippen molar-refractivity contribution in [2.45, 2.75) is 39.0 Å². The molecule has 0 bridgehead atoms. The third-order valence-electron chi connectivity index (χ3n) is 2.27. The Bertz CT molecular complexity index is 327. The number of alkyl halides is 2. The molecule has 3 heteroatoms. The quantitative estimate of drug-likeness (QED) is 0.657. The Morgan fingerprint density at radius 1 is 0.933 bits per heavy atom. The first-order chi connectivity index (χ1) is 6.60. The van der Waals surface area contributed by atoms with Crippen molar-refractivity contribution in [2.75, 3.05) is 0 Å². The summed E-state index contributed by atoms with van der Waals surface area (Å²) in [6, 6.07) is 5.09. The van der Waals surface area contributed by atoms with E-state index in [0.29, 0.717) is 0 Å². The second-order valence-electron chi connectivity index (χ2n) is 4.87. The van der Waals surface area contributed by atoms with Gasteiger partial charge in [0.15, 0.2) is 0 Å². The lowest BCUT2D eigenvalue weighted by Crippen LogP contribution is -2.15. The molecular weight excluding hydrogens is 309 g/mol. The molecule has 0 fully saturated rings. The van der Waals surface area contributed by atoms with Crippen molar-refractivity contribution in [2.24, 2.45) is 0 Å². The molecule has 0 aliphatic rings. The molecule has 15 heavy (non-hydrogen) atoms. The smallest absolute Gasteiger partial charge is 0.202 e. The monoisotopic (exact) mass is 324 g/mol. The van der Waals surface area contributed by atoms with E-state index in [-0.39, 0.29) is 11.0 Å². The van der Waals surface area contributed by atoms with Gasteiger partial charge in [-0.15, -0.1) is 0 Å². The molecule has 0 atom stereocenters. The average molecular weight is 324 g/mol. The topological polar surface area (TPSA) is 0 Å². The predicted molar refractivity (Wildman–Crippen MR) is 67.4 cm³/mol. The molecule has 0 aromatic heterocycles. The second kappa shape index (κ2) is 4.00. The molecule has 0 aliphatic heterocycles. The minimum absolute atomic E-state index is 0.0961. The molecule has 1 aromatic carbocycles. The summed E-state index contributed by atoms with van der Waals surface area (Å²) < 4.78 is 27.3. The standard InChI is InChI=1S/C12H15F2I/c1-11(2,3)8-5-9(12(4,13)14)7-10(15)6-8/h5-7H,1-4H3. The first-order valence-corrected chi connectivity index (χ1v) is 5.88. The van der Waals surface area contributed by atoms with E-state index in [2.05, 4.69) is 22.6 Å². The van der Waals surface area contributed by atoms with E-state index in [1.54, 1.807) is 6.07 Å². The molecule has 0 aliphatic carbocycles. The largest absolute Gasteiger partial charge is 0.270 e. The van der Waals surface area contributed by atoms with Crippen LogP contribution in [0.15, 0.2) is 18.2 Å². The predicted octanol–water partition coefficient (Wildman–Crippen LogP) is 4.70. The molecule has 1 rings (SSSR count). The van der Waals surface area contributed by atoms with Crippen molar-refractivity contribution in [3.8, 4) is 0 Å². The third kappa shape index (κ3) is 3.40. The van der Waals surface area contributed by atoms with Crippen LogP contribution in [0.5, 0.6) is 0 Å². The van der Waals surface area contributed by atoms with Crippen LogP contribution in [0.3, 0.4) is 0 Å². The molecule has 0 unspecified atom stereocenters. The van der Waals surface area contributed by atoms with Crippen molar-refractivity contribution in [3.63, 3.8) is 0 Å². The highest BCUT2D eigenvalue weighted by Crippen LogP contribution is 2.32. The van der Waals surface area contributed by atoms with Gasteiger partial charge in [-0.2, -0.15) is 0 Å². The van der Waals surface area contributed by atoms with Gasteiger partial charge in [-0.3, -0.25) is 0 Å². The van der Waals surface area contributed by atoms with Gasteiger partial charge in [0.1, 0.15) is 0 Å². The van der Waals surface area contributed by atoms with Crippen LogP contribution in [0, 0.1) is 3.57 Å². The van der Waals surface area contributed by atoms with Gasteiger partial charge in [-0.1, -0.05) is 20.8 Å². The van der Waals surface area contributed by atoms with Gasteiger partial charge in [-0.05, 0) is 51.8 Å². The highest BCUT2D eigenvalue weighted by molar-refractivity contribution is 14.1. The molecule has 0 heterocycles. The van der Waals surface area contributed by atoms with Crippen LogP contribution in [0.1, 0.15) is 38.8 Å². The zero-order valence-electron chi connectivity index (χ0n) is 9.37. The summed E-state index contributed by atoms with van der Waals surface area (Å²) in [4.78, 5) is 0. The van der Waals surface area contributed by atoms with Crippen LogP contribution in [-0.2, 0) is 11.3 Å². The minimum atomic E-state index is -2.76. The van der Waals surface area contributed by atoms with Gasteiger partial charge in [-0.25, -0.2) is 8.78 Å². The number of benzene rings is 1. The van der Waals surface area contributed by atoms with Crippen molar-refractivity contribution in [1.29, 1.82) is 0 Å². The van der Waals surface area contributed by atoms with Gasteiger partial charge < -0.3 is 0 Å². The summed E-state index contributed by atoms with van der Waals surface area (Å²) in [5.74, 6) is -2.76. The van der Waals surface area contributed by atoms with E-state index in [9.17, 15) is 8.78 Å². The number of hydrogen-bond acceptors (Lipinski definition) is 0.